The summed E-state index contributed by atoms with van der Waals surface area (Å²) in [7, 11) is 2.09. The molecule has 1 aromatic carbocycles. The van der Waals surface area contributed by atoms with Crippen molar-refractivity contribution in [1.29, 1.82) is 0 Å². The number of halogens is 1. The van der Waals surface area contributed by atoms with Crippen LogP contribution in [0.1, 0.15) is 32.1 Å². The Labute approximate surface area is 131 Å². The van der Waals surface area contributed by atoms with E-state index in [4.69, 9.17) is 17.3 Å². The SMILES string of the molecule is CN(CCC(=O)Nc1ccc(N)cc1Cl)CC1CCCC1. The van der Waals surface area contributed by atoms with Crippen molar-refractivity contribution < 1.29 is 4.79 Å². The van der Waals surface area contributed by atoms with Gasteiger partial charge in [-0.05, 0) is 44.0 Å². The highest BCUT2D eigenvalue weighted by Gasteiger charge is 2.17. The van der Waals surface area contributed by atoms with Crippen molar-refractivity contribution in [1.82, 2.24) is 4.90 Å². The van der Waals surface area contributed by atoms with Crippen LogP contribution in [0.3, 0.4) is 0 Å². The zero-order chi connectivity index (χ0) is 15.2. The Balaban J connectivity index is 1.73. The first-order chi connectivity index (χ1) is 10.0. The molecule has 0 atom stereocenters. The van der Waals surface area contributed by atoms with Crippen molar-refractivity contribution in [3.63, 3.8) is 0 Å². The normalized spacial score (nSPS) is 15.6. The number of hydrogen-bond acceptors (Lipinski definition) is 3. The number of anilines is 2. The minimum Gasteiger partial charge on any atom is -0.399 e. The molecule has 0 unspecified atom stereocenters. The van der Waals surface area contributed by atoms with Crippen molar-refractivity contribution in [2.24, 2.45) is 5.92 Å². The van der Waals surface area contributed by atoms with Crippen molar-refractivity contribution in [3.05, 3.63) is 23.2 Å². The second-order valence-corrected chi connectivity index (χ2v) is 6.36. The summed E-state index contributed by atoms with van der Waals surface area (Å²) < 4.78 is 0. The topological polar surface area (TPSA) is 58.4 Å². The van der Waals surface area contributed by atoms with Crippen LogP contribution in [0.5, 0.6) is 0 Å². The monoisotopic (exact) mass is 309 g/mol. The molecule has 1 amide bonds. The number of nitrogens with zero attached hydrogens (tertiary/aromatic N) is 1. The molecule has 21 heavy (non-hydrogen) atoms. The first-order valence-corrected chi connectivity index (χ1v) is 7.96. The van der Waals surface area contributed by atoms with E-state index in [1.54, 1.807) is 18.2 Å². The fourth-order valence-electron chi connectivity index (χ4n) is 2.86. The molecule has 116 valence electrons. The van der Waals surface area contributed by atoms with Crippen molar-refractivity contribution in [3.8, 4) is 0 Å². The maximum atomic E-state index is 12.0. The summed E-state index contributed by atoms with van der Waals surface area (Å²) in [6, 6.07) is 5.11. The molecule has 0 radical (unpaired) electrons. The summed E-state index contributed by atoms with van der Waals surface area (Å²) >= 11 is 6.04. The zero-order valence-corrected chi connectivity index (χ0v) is 13.3. The Morgan fingerprint density at radius 2 is 2.14 bits per heavy atom. The van der Waals surface area contributed by atoms with Gasteiger partial charge in [-0.3, -0.25) is 4.79 Å². The van der Waals surface area contributed by atoms with E-state index in [1.165, 1.54) is 25.7 Å². The summed E-state index contributed by atoms with van der Waals surface area (Å²) in [6.07, 6.45) is 5.85. The van der Waals surface area contributed by atoms with Gasteiger partial charge in [0.05, 0.1) is 10.7 Å². The smallest absolute Gasteiger partial charge is 0.225 e. The van der Waals surface area contributed by atoms with E-state index in [-0.39, 0.29) is 5.91 Å². The first-order valence-electron chi connectivity index (χ1n) is 7.58. The third-order valence-electron chi connectivity index (χ3n) is 4.03. The number of carbonyl (C=O) groups excluding carboxylic acids is 1. The Morgan fingerprint density at radius 1 is 1.43 bits per heavy atom. The summed E-state index contributed by atoms with van der Waals surface area (Å²) in [6.45, 7) is 1.87. The Bertz CT molecular complexity index is 486. The van der Waals surface area contributed by atoms with Gasteiger partial charge in [-0.15, -0.1) is 0 Å². The number of nitrogens with two attached hydrogens (primary N) is 1. The van der Waals surface area contributed by atoms with E-state index < -0.39 is 0 Å². The number of benzene rings is 1. The highest BCUT2D eigenvalue weighted by Crippen LogP contribution is 2.25. The van der Waals surface area contributed by atoms with E-state index in [9.17, 15) is 4.79 Å². The lowest BCUT2D eigenvalue weighted by Crippen LogP contribution is -2.28. The average molecular weight is 310 g/mol. The van der Waals surface area contributed by atoms with E-state index in [0.717, 1.165) is 19.0 Å². The molecule has 0 bridgehead atoms. The predicted molar refractivity (Wildman–Crippen MR) is 88.6 cm³/mol. The van der Waals surface area contributed by atoms with E-state index in [1.807, 2.05) is 0 Å². The van der Waals surface area contributed by atoms with Gasteiger partial charge in [0.15, 0.2) is 0 Å². The minimum absolute atomic E-state index is 0.0139. The standard InChI is InChI=1S/C16H24ClN3O/c1-20(11-12-4-2-3-5-12)9-8-16(21)19-15-7-6-13(18)10-14(15)17/h6-7,10,12H,2-5,8-9,11,18H2,1H3,(H,19,21). The molecule has 1 aliphatic rings. The third-order valence-corrected chi connectivity index (χ3v) is 4.35. The molecule has 0 saturated heterocycles. The number of hydrogen-bond donors (Lipinski definition) is 2. The van der Waals surface area contributed by atoms with Crippen molar-refractivity contribution in [2.45, 2.75) is 32.1 Å². The van der Waals surface area contributed by atoms with Gasteiger partial charge in [-0.1, -0.05) is 24.4 Å². The molecule has 0 heterocycles. The number of rotatable bonds is 6. The van der Waals surface area contributed by atoms with E-state index in [2.05, 4.69) is 17.3 Å². The molecule has 5 heteroatoms. The van der Waals surface area contributed by atoms with Crippen LogP contribution in [-0.2, 0) is 4.79 Å². The summed E-state index contributed by atoms with van der Waals surface area (Å²) in [4.78, 5) is 14.2. The molecule has 1 fully saturated rings. The van der Waals surface area contributed by atoms with Gasteiger partial charge in [-0.25, -0.2) is 0 Å². The molecule has 2 rings (SSSR count). The maximum absolute atomic E-state index is 12.0. The molecule has 0 aromatic heterocycles. The number of carbonyl (C=O) groups is 1. The molecular weight excluding hydrogens is 286 g/mol. The fourth-order valence-corrected chi connectivity index (χ4v) is 3.10. The van der Waals surface area contributed by atoms with Crippen LogP contribution in [0.15, 0.2) is 18.2 Å². The van der Waals surface area contributed by atoms with E-state index in [0.29, 0.717) is 22.8 Å². The molecule has 1 aliphatic carbocycles. The summed E-state index contributed by atoms with van der Waals surface area (Å²) in [5.74, 6) is 0.796. The number of amides is 1. The van der Waals surface area contributed by atoms with Crippen LogP contribution >= 0.6 is 11.6 Å². The largest absolute Gasteiger partial charge is 0.399 e. The molecular formula is C16H24ClN3O. The zero-order valence-electron chi connectivity index (χ0n) is 12.6. The average Bonchev–Trinajstić information content (AvgIpc) is 2.92. The minimum atomic E-state index is -0.0139. The Kier molecular flexibility index (Phi) is 5.88. The van der Waals surface area contributed by atoms with Crippen LogP contribution < -0.4 is 11.1 Å². The summed E-state index contributed by atoms with van der Waals surface area (Å²) in [5, 5.41) is 3.31. The van der Waals surface area contributed by atoms with Gasteiger partial charge in [-0.2, -0.15) is 0 Å². The molecule has 1 aromatic rings. The lowest BCUT2D eigenvalue weighted by atomic mass is 10.1. The van der Waals surface area contributed by atoms with Crippen LogP contribution in [-0.4, -0.2) is 30.9 Å². The van der Waals surface area contributed by atoms with Gasteiger partial charge in [0.1, 0.15) is 0 Å². The lowest BCUT2D eigenvalue weighted by molar-refractivity contribution is -0.116. The second-order valence-electron chi connectivity index (χ2n) is 5.95. The highest BCUT2D eigenvalue weighted by molar-refractivity contribution is 6.34. The maximum Gasteiger partial charge on any atom is 0.225 e. The molecule has 1 saturated carbocycles. The van der Waals surface area contributed by atoms with Crippen LogP contribution in [0, 0.1) is 5.92 Å². The van der Waals surface area contributed by atoms with Crippen LogP contribution in [0.25, 0.3) is 0 Å². The van der Waals surface area contributed by atoms with Gasteiger partial charge >= 0.3 is 0 Å². The molecule has 0 spiro atoms. The molecule has 0 aliphatic heterocycles. The molecule has 3 N–H and O–H groups in total. The van der Waals surface area contributed by atoms with Gasteiger partial charge in [0.25, 0.3) is 0 Å². The number of nitrogens with one attached hydrogen (secondary N) is 1. The second kappa shape index (κ2) is 7.66. The van der Waals surface area contributed by atoms with Crippen LogP contribution in [0.2, 0.25) is 5.02 Å². The molecule has 4 nitrogen and oxygen atoms in total. The summed E-state index contributed by atoms with van der Waals surface area (Å²) in [5.41, 5.74) is 6.84. The fraction of sp³-hybridized carbons (Fsp3) is 0.562. The van der Waals surface area contributed by atoms with Gasteiger partial charge in [0.2, 0.25) is 5.91 Å². The predicted octanol–water partition coefficient (Wildman–Crippen LogP) is 3.37. The quantitative estimate of drug-likeness (QED) is 0.792. The lowest BCUT2D eigenvalue weighted by Gasteiger charge is -2.20. The Morgan fingerprint density at radius 3 is 2.81 bits per heavy atom. The van der Waals surface area contributed by atoms with Gasteiger partial charge < -0.3 is 16.0 Å². The van der Waals surface area contributed by atoms with Crippen LogP contribution in [0.4, 0.5) is 11.4 Å². The highest BCUT2D eigenvalue weighted by atomic mass is 35.5. The van der Waals surface area contributed by atoms with Gasteiger partial charge in [0, 0.05) is 25.2 Å². The Hall–Kier alpha value is -1.26. The first kappa shape index (κ1) is 16.1. The van der Waals surface area contributed by atoms with E-state index >= 15 is 0 Å². The third kappa shape index (κ3) is 5.21. The number of nitrogen functional groups attached to an aromatic ring is 1. The van der Waals surface area contributed by atoms with Crippen molar-refractivity contribution in [2.75, 3.05) is 31.2 Å². The van der Waals surface area contributed by atoms with Crippen molar-refractivity contribution >= 4 is 28.9 Å².